The van der Waals surface area contributed by atoms with Gasteiger partial charge in [-0.1, -0.05) is 0 Å². The Kier molecular flexibility index (Phi) is 4.99. The number of rotatable bonds is 8. The molecule has 1 atom stereocenters. The molecule has 0 aromatic carbocycles. The molecule has 1 aliphatic carbocycles. The molecule has 3 N–H and O–H groups in total. The van der Waals surface area contributed by atoms with Crippen LogP contribution in [0.4, 0.5) is 0 Å². The lowest BCUT2D eigenvalue weighted by atomic mass is 10.0. The molecule has 0 aromatic rings. The molecule has 0 aromatic heterocycles. The van der Waals surface area contributed by atoms with Crippen LogP contribution in [0.1, 0.15) is 26.2 Å². The van der Waals surface area contributed by atoms with Crippen LogP contribution in [0.15, 0.2) is 0 Å². The summed E-state index contributed by atoms with van der Waals surface area (Å²) in [6, 6.07) is 0.731. The van der Waals surface area contributed by atoms with Gasteiger partial charge >= 0.3 is 0 Å². The Balaban J connectivity index is 2.25. The van der Waals surface area contributed by atoms with Gasteiger partial charge in [0.1, 0.15) is 0 Å². The standard InChI is InChI=1S/C11H24N2O2/c1-11(12,9-14)5-6-13(7-8-15-2)10-3-4-10/h10,14H,3-9,12H2,1-2H3. The Morgan fingerprint density at radius 2 is 2.13 bits per heavy atom. The van der Waals surface area contributed by atoms with E-state index in [0.29, 0.717) is 0 Å². The smallest absolute Gasteiger partial charge is 0.0608 e. The van der Waals surface area contributed by atoms with Crippen molar-refractivity contribution in [3.05, 3.63) is 0 Å². The molecule has 0 heterocycles. The monoisotopic (exact) mass is 216 g/mol. The molecule has 0 aliphatic heterocycles. The van der Waals surface area contributed by atoms with E-state index in [-0.39, 0.29) is 6.61 Å². The molecule has 0 bridgehead atoms. The van der Waals surface area contributed by atoms with Crippen molar-refractivity contribution < 1.29 is 9.84 Å². The second-order valence-corrected chi connectivity index (χ2v) is 4.82. The van der Waals surface area contributed by atoms with Crippen LogP contribution in [0.3, 0.4) is 0 Å². The largest absolute Gasteiger partial charge is 0.394 e. The molecule has 1 rings (SSSR count). The average molecular weight is 216 g/mol. The van der Waals surface area contributed by atoms with Crippen molar-refractivity contribution in [1.29, 1.82) is 0 Å². The molecule has 4 nitrogen and oxygen atoms in total. The summed E-state index contributed by atoms with van der Waals surface area (Å²) in [5.74, 6) is 0. The quantitative estimate of drug-likeness (QED) is 0.608. The molecular weight excluding hydrogens is 192 g/mol. The van der Waals surface area contributed by atoms with Gasteiger partial charge in [0.05, 0.1) is 13.2 Å². The van der Waals surface area contributed by atoms with Crippen molar-refractivity contribution in [1.82, 2.24) is 4.90 Å². The lowest BCUT2D eigenvalue weighted by molar-refractivity contribution is 0.128. The van der Waals surface area contributed by atoms with E-state index in [2.05, 4.69) is 4.90 Å². The van der Waals surface area contributed by atoms with Gasteiger partial charge in [-0.2, -0.15) is 0 Å². The van der Waals surface area contributed by atoms with Crippen molar-refractivity contribution in [3.8, 4) is 0 Å². The Morgan fingerprint density at radius 3 is 2.60 bits per heavy atom. The van der Waals surface area contributed by atoms with Crippen molar-refractivity contribution in [2.45, 2.75) is 37.8 Å². The molecule has 1 saturated carbocycles. The molecule has 15 heavy (non-hydrogen) atoms. The number of hydrogen-bond donors (Lipinski definition) is 2. The highest BCUT2D eigenvalue weighted by atomic mass is 16.5. The first-order valence-corrected chi connectivity index (χ1v) is 5.72. The number of nitrogens with zero attached hydrogens (tertiary/aromatic N) is 1. The highest BCUT2D eigenvalue weighted by Gasteiger charge is 2.29. The highest BCUT2D eigenvalue weighted by Crippen LogP contribution is 2.27. The minimum absolute atomic E-state index is 0.0514. The van der Waals surface area contributed by atoms with Crippen LogP contribution >= 0.6 is 0 Å². The van der Waals surface area contributed by atoms with Gasteiger partial charge < -0.3 is 15.6 Å². The van der Waals surface area contributed by atoms with E-state index in [0.717, 1.165) is 32.2 Å². The summed E-state index contributed by atoms with van der Waals surface area (Å²) in [5.41, 5.74) is 5.46. The fourth-order valence-electron chi connectivity index (χ4n) is 1.60. The number of hydrogen-bond acceptors (Lipinski definition) is 4. The summed E-state index contributed by atoms with van der Waals surface area (Å²) < 4.78 is 5.09. The van der Waals surface area contributed by atoms with E-state index in [4.69, 9.17) is 15.6 Å². The van der Waals surface area contributed by atoms with E-state index in [9.17, 15) is 0 Å². The third kappa shape index (κ3) is 4.93. The number of ether oxygens (including phenoxy) is 1. The molecule has 0 saturated heterocycles. The molecule has 0 spiro atoms. The van der Waals surface area contributed by atoms with Gasteiger partial charge in [0, 0.05) is 31.8 Å². The zero-order valence-electron chi connectivity index (χ0n) is 9.91. The van der Waals surface area contributed by atoms with Crippen LogP contribution in [-0.4, -0.2) is 55.0 Å². The van der Waals surface area contributed by atoms with Gasteiger partial charge in [0.2, 0.25) is 0 Å². The molecule has 1 fully saturated rings. The fourth-order valence-corrected chi connectivity index (χ4v) is 1.60. The summed E-state index contributed by atoms with van der Waals surface area (Å²) in [5, 5.41) is 9.07. The Labute approximate surface area is 92.4 Å². The number of methoxy groups -OCH3 is 1. The van der Waals surface area contributed by atoms with E-state index < -0.39 is 5.54 Å². The second kappa shape index (κ2) is 5.80. The summed E-state index contributed by atoms with van der Waals surface area (Å²) in [6.45, 7) is 4.66. The van der Waals surface area contributed by atoms with E-state index in [1.54, 1.807) is 7.11 Å². The molecule has 1 aliphatic rings. The maximum absolute atomic E-state index is 9.07. The highest BCUT2D eigenvalue weighted by molar-refractivity contribution is 4.87. The number of aliphatic hydroxyl groups is 1. The van der Waals surface area contributed by atoms with Crippen molar-refractivity contribution in [2.24, 2.45) is 5.73 Å². The lowest BCUT2D eigenvalue weighted by Gasteiger charge is -2.27. The van der Waals surface area contributed by atoms with E-state index in [1.807, 2.05) is 6.92 Å². The van der Waals surface area contributed by atoms with Gasteiger partial charge in [-0.05, 0) is 26.2 Å². The van der Waals surface area contributed by atoms with Gasteiger partial charge in [0.15, 0.2) is 0 Å². The zero-order chi connectivity index (χ0) is 11.3. The van der Waals surface area contributed by atoms with Crippen LogP contribution in [0, 0.1) is 0 Å². The molecule has 0 amide bonds. The summed E-state index contributed by atoms with van der Waals surface area (Å²) in [6.07, 6.45) is 3.43. The predicted molar refractivity (Wildman–Crippen MR) is 60.8 cm³/mol. The molecular formula is C11H24N2O2. The molecule has 4 heteroatoms. The molecule has 0 radical (unpaired) electrons. The van der Waals surface area contributed by atoms with Crippen LogP contribution in [-0.2, 0) is 4.74 Å². The van der Waals surface area contributed by atoms with Crippen LogP contribution in [0.2, 0.25) is 0 Å². The maximum atomic E-state index is 9.07. The fraction of sp³-hybridized carbons (Fsp3) is 1.00. The third-order valence-corrected chi connectivity index (χ3v) is 2.98. The van der Waals surface area contributed by atoms with Crippen molar-refractivity contribution in [2.75, 3.05) is 33.4 Å². The number of aliphatic hydroxyl groups excluding tert-OH is 1. The first-order valence-electron chi connectivity index (χ1n) is 5.72. The van der Waals surface area contributed by atoms with Gasteiger partial charge in [-0.25, -0.2) is 0 Å². The lowest BCUT2D eigenvalue weighted by Crippen LogP contribution is -2.44. The first-order chi connectivity index (χ1) is 7.09. The van der Waals surface area contributed by atoms with Crippen LogP contribution in [0.5, 0.6) is 0 Å². The summed E-state index contributed by atoms with van der Waals surface area (Å²) in [4.78, 5) is 2.42. The van der Waals surface area contributed by atoms with Crippen LogP contribution in [0.25, 0.3) is 0 Å². The van der Waals surface area contributed by atoms with Crippen molar-refractivity contribution >= 4 is 0 Å². The minimum Gasteiger partial charge on any atom is -0.394 e. The Hall–Kier alpha value is -0.160. The Bertz CT molecular complexity index is 181. The average Bonchev–Trinajstić information content (AvgIpc) is 3.02. The Morgan fingerprint density at radius 1 is 1.47 bits per heavy atom. The third-order valence-electron chi connectivity index (χ3n) is 2.98. The SMILES string of the molecule is COCCN(CCC(C)(N)CO)C1CC1. The zero-order valence-corrected chi connectivity index (χ0v) is 9.91. The van der Waals surface area contributed by atoms with E-state index >= 15 is 0 Å². The minimum atomic E-state index is -0.444. The maximum Gasteiger partial charge on any atom is 0.0608 e. The normalized spacial score (nSPS) is 20.6. The second-order valence-electron chi connectivity index (χ2n) is 4.82. The number of nitrogens with two attached hydrogens (primary N) is 1. The van der Waals surface area contributed by atoms with Gasteiger partial charge in [0.25, 0.3) is 0 Å². The first kappa shape index (κ1) is 12.9. The van der Waals surface area contributed by atoms with Gasteiger partial charge in [-0.15, -0.1) is 0 Å². The van der Waals surface area contributed by atoms with Crippen LogP contribution < -0.4 is 5.73 Å². The summed E-state index contributed by atoms with van der Waals surface area (Å²) in [7, 11) is 1.73. The summed E-state index contributed by atoms with van der Waals surface area (Å²) >= 11 is 0. The van der Waals surface area contributed by atoms with E-state index in [1.165, 1.54) is 12.8 Å². The van der Waals surface area contributed by atoms with Crippen molar-refractivity contribution in [3.63, 3.8) is 0 Å². The van der Waals surface area contributed by atoms with Gasteiger partial charge in [-0.3, -0.25) is 4.90 Å². The molecule has 90 valence electrons. The predicted octanol–water partition coefficient (Wildman–Crippen LogP) is 0.197. The topological polar surface area (TPSA) is 58.7 Å². The molecule has 1 unspecified atom stereocenters.